The predicted molar refractivity (Wildman–Crippen MR) is 181 cm³/mol. The summed E-state index contributed by atoms with van der Waals surface area (Å²) in [6.07, 6.45) is 6.68. The fraction of sp³-hybridized carbons (Fsp3) is 0.150. The van der Waals surface area contributed by atoms with Crippen molar-refractivity contribution in [3.8, 4) is 81.5 Å². The maximum atomic E-state index is 12.9. The SMILES string of the molecule is C#CC#CC#COC(=O)Oc1ccc(-c2ccc(OC(=O)[C@H]3CC[C@H](C(=O)Oc4ccc(-c5ccc(OC(=O)O)cc5)cc4)CC3)cc2)cc1. The minimum Gasteiger partial charge on any atom is -0.449 e. The quantitative estimate of drug-likeness (QED) is 0.0870. The highest BCUT2D eigenvalue weighted by atomic mass is 16.7. The van der Waals surface area contributed by atoms with E-state index in [0.29, 0.717) is 37.2 Å². The summed E-state index contributed by atoms with van der Waals surface area (Å²) in [6.45, 7) is 0. The third-order valence-electron chi connectivity index (χ3n) is 7.70. The lowest BCUT2D eigenvalue weighted by Crippen LogP contribution is -2.30. The van der Waals surface area contributed by atoms with Crippen molar-refractivity contribution in [1.29, 1.82) is 0 Å². The smallest absolute Gasteiger partial charge is 0.449 e. The highest BCUT2D eigenvalue weighted by Crippen LogP contribution is 2.32. The van der Waals surface area contributed by atoms with E-state index < -0.39 is 12.3 Å². The van der Waals surface area contributed by atoms with E-state index in [-0.39, 0.29) is 35.3 Å². The number of rotatable bonds is 8. The van der Waals surface area contributed by atoms with Gasteiger partial charge in [-0.3, -0.25) is 9.59 Å². The highest BCUT2D eigenvalue weighted by Gasteiger charge is 2.32. The third kappa shape index (κ3) is 9.78. The van der Waals surface area contributed by atoms with Crippen LogP contribution in [-0.2, 0) is 14.3 Å². The van der Waals surface area contributed by atoms with Crippen molar-refractivity contribution < 1.29 is 48.0 Å². The summed E-state index contributed by atoms with van der Waals surface area (Å²) in [7, 11) is 0. The Balaban J connectivity index is 1.05. The van der Waals surface area contributed by atoms with E-state index >= 15 is 0 Å². The van der Waals surface area contributed by atoms with E-state index in [1.54, 1.807) is 84.9 Å². The Morgan fingerprint density at radius 3 is 1.24 bits per heavy atom. The Labute approximate surface area is 287 Å². The molecule has 1 fully saturated rings. The molecule has 4 aromatic rings. The van der Waals surface area contributed by atoms with Gasteiger partial charge in [-0.25, -0.2) is 9.59 Å². The summed E-state index contributed by atoms with van der Waals surface area (Å²) in [5.74, 6) is 8.85. The fourth-order valence-electron chi connectivity index (χ4n) is 5.20. The molecule has 0 saturated heterocycles. The summed E-state index contributed by atoms with van der Waals surface area (Å²) < 4.78 is 25.5. The summed E-state index contributed by atoms with van der Waals surface area (Å²) in [5, 5.41) is 8.72. The van der Waals surface area contributed by atoms with Gasteiger partial charge in [-0.1, -0.05) is 48.5 Å². The van der Waals surface area contributed by atoms with Gasteiger partial charge in [-0.15, -0.1) is 6.42 Å². The molecule has 0 bridgehead atoms. The molecule has 50 heavy (non-hydrogen) atoms. The Morgan fingerprint density at radius 2 is 0.880 bits per heavy atom. The summed E-state index contributed by atoms with van der Waals surface area (Å²) in [4.78, 5) is 48.1. The second kappa shape index (κ2) is 16.7. The number of carbonyl (C=O) groups is 4. The first kappa shape index (κ1) is 34.4. The Bertz CT molecular complexity index is 2010. The van der Waals surface area contributed by atoms with Gasteiger partial charge in [0.15, 0.2) is 0 Å². The van der Waals surface area contributed by atoms with Crippen LogP contribution < -0.4 is 18.9 Å². The molecule has 0 amide bonds. The second-order valence-electron chi connectivity index (χ2n) is 10.9. The third-order valence-corrected chi connectivity index (χ3v) is 7.70. The first-order valence-electron chi connectivity index (χ1n) is 15.4. The van der Waals surface area contributed by atoms with Crippen molar-refractivity contribution >= 4 is 24.2 Å². The lowest BCUT2D eigenvalue weighted by molar-refractivity contribution is -0.145. The van der Waals surface area contributed by atoms with Crippen molar-refractivity contribution in [2.24, 2.45) is 11.8 Å². The molecule has 0 atom stereocenters. The van der Waals surface area contributed by atoms with E-state index in [2.05, 4.69) is 39.3 Å². The number of carbonyl (C=O) groups excluding carboxylic acids is 3. The fourth-order valence-corrected chi connectivity index (χ4v) is 5.20. The zero-order chi connectivity index (χ0) is 35.3. The lowest BCUT2D eigenvalue weighted by atomic mass is 9.82. The number of benzene rings is 4. The summed E-state index contributed by atoms with van der Waals surface area (Å²) in [6, 6.07) is 27.3. The molecule has 10 nitrogen and oxygen atoms in total. The average molecular weight is 669 g/mol. The van der Waals surface area contributed by atoms with Crippen LogP contribution in [0.5, 0.6) is 23.0 Å². The van der Waals surface area contributed by atoms with Crippen LogP contribution in [0.15, 0.2) is 97.1 Å². The van der Waals surface area contributed by atoms with Crippen LogP contribution in [0, 0.1) is 48.0 Å². The maximum Gasteiger partial charge on any atom is 0.528 e. The number of esters is 2. The minimum atomic E-state index is -1.38. The van der Waals surface area contributed by atoms with E-state index in [1.807, 2.05) is 12.1 Å². The number of terminal acetylenes is 1. The molecule has 0 radical (unpaired) electrons. The van der Waals surface area contributed by atoms with Crippen LogP contribution >= 0.6 is 0 Å². The van der Waals surface area contributed by atoms with Crippen molar-refractivity contribution in [3.63, 3.8) is 0 Å². The molecule has 0 unspecified atom stereocenters. The van der Waals surface area contributed by atoms with Gasteiger partial charge in [-0.2, -0.15) is 0 Å². The van der Waals surface area contributed by atoms with Gasteiger partial charge in [0.25, 0.3) is 0 Å². The summed E-state index contributed by atoms with van der Waals surface area (Å²) >= 11 is 0. The zero-order valence-electron chi connectivity index (χ0n) is 26.4. The molecule has 10 heteroatoms. The number of carboxylic acid groups (broad SMARTS) is 1. The summed E-state index contributed by atoms with van der Waals surface area (Å²) in [5.41, 5.74) is 3.40. The molecule has 0 aromatic heterocycles. The van der Waals surface area contributed by atoms with Gasteiger partial charge in [0, 0.05) is 11.8 Å². The molecule has 4 aromatic carbocycles. The maximum absolute atomic E-state index is 12.9. The van der Waals surface area contributed by atoms with Crippen LogP contribution in [-0.4, -0.2) is 29.4 Å². The molecule has 0 heterocycles. The molecular weight excluding hydrogens is 640 g/mol. The Morgan fingerprint density at radius 1 is 0.520 bits per heavy atom. The number of hydrogen-bond acceptors (Lipinski definition) is 9. The molecule has 1 aliphatic carbocycles. The molecule has 1 aliphatic rings. The topological polar surface area (TPSA) is 135 Å². The van der Waals surface area contributed by atoms with Crippen LogP contribution in [0.4, 0.5) is 9.59 Å². The standard InChI is InChI=1S/C40H28O10/c1-2-3-4-5-26-46-40(45)50-36-24-16-30(17-25-36)28-12-20-34(21-13-28)48-38(42)32-8-6-31(7-9-32)37(41)47-33-18-10-27(11-19-33)29-14-22-35(23-15-29)49-39(43)44/h1,10-25,31-32H,6-9H2,(H,43,44)/t31-,32-. The van der Waals surface area contributed by atoms with Crippen LogP contribution in [0.3, 0.4) is 0 Å². The van der Waals surface area contributed by atoms with Crippen molar-refractivity contribution in [2.75, 3.05) is 0 Å². The Kier molecular flexibility index (Phi) is 11.5. The van der Waals surface area contributed by atoms with Crippen molar-refractivity contribution in [2.45, 2.75) is 25.7 Å². The molecular formula is C40H28O10. The minimum absolute atomic E-state index is 0.219. The normalized spacial score (nSPS) is 14.5. The van der Waals surface area contributed by atoms with Gasteiger partial charge in [0.1, 0.15) is 29.1 Å². The Hall–Kier alpha value is -6.96. The molecule has 5 rings (SSSR count). The van der Waals surface area contributed by atoms with Crippen LogP contribution in [0.2, 0.25) is 0 Å². The van der Waals surface area contributed by atoms with E-state index in [0.717, 1.165) is 22.3 Å². The van der Waals surface area contributed by atoms with Gasteiger partial charge in [0.05, 0.1) is 11.8 Å². The highest BCUT2D eigenvalue weighted by molar-refractivity contribution is 5.78. The zero-order valence-corrected chi connectivity index (χ0v) is 26.4. The van der Waals surface area contributed by atoms with Gasteiger partial charge in [-0.05, 0) is 108 Å². The lowest BCUT2D eigenvalue weighted by Gasteiger charge is -2.25. The largest absolute Gasteiger partial charge is 0.528 e. The second-order valence-corrected chi connectivity index (χ2v) is 10.9. The molecule has 248 valence electrons. The molecule has 1 saturated carbocycles. The van der Waals surface area contributed by atoms with Crippen molar-refractivity contribution in [1.82, 2.24) is 0 Å². The first-order chi connectivity index (χ1) is 24.3. The molecule has 0 spiro atoms. The van der Waals surface area contributed by atoms with Gasteiger partial charge in [0.2, 0.25) is 0 Å². The van der Waals surface area contributed by atoms with Gasteiger partial charge >= 0.3 is 24.2 Å². The molecule has 0 aliphatic heterocycles. The van der Waals surface area contributed by atoms with Crippen LogP contribution in [0.1, 0.15) is 25.7 Å². The van der Waals surface area contributed by atoms with Crippen molar-refractivity contribution in [3.05, 3.63) is 97.1 Å². The van der Waals surface area contributed by atoms with E-state index in [1.165, 1.54) is 0 Å². The number of ether oxygens (including phenoxy) is 5. The van der Waals surface area contributed by atoms with E-state index in [4.69, 9.17) is 25.7 Å². The van der Waals surface area contributed by atoms with E-state index in [9.17, 15) is 19.2 Å². The van der Waals surface area contributed by atoms with Crippen LogP contribution in [0.25, 0.3) is 22.3 Å². The molecule has 1 N–H and O–H groups in total. The predicted octanol–water partition coefficient (Wildman–Crippen LogP) is 7.51. The number of hydrogen-bond donors (Lipinski definition) is 1. The first-order valence-corrected chi connectivity index (χ1v) is 15.4. The average Bonchev–Trinajstić information content (AvgIpc) is 3.13. The monoisotopic (exact) mass is 668 g/mol. The van der Waals surface area contributed by atoms with Gasteiger partial charge < -0.3 is 28.8 Å².